The average Bonchev–Trinajstić information content (AvgIpc) is 3.49. The third kappa shape index (κ3) is 5.22. The molecule has 0 saturated carbocycles. The second-order valence-electron chi connectivity index (χ2n) is 8.54. The van der Waals surface area contributed by atoms with Crippen LogP contribution in [0.4, 0.5) is 11.5 Å². The van der Waals surface area contributed by atoms with E-state index in [4.69, 9.17) is 21.1 Å². The number of aliphatic hydroxyl groups excluding tert-OH is 1. The molecule has 0 unspecified atom stereocenters. The molecule has 2 aromatic carbocycles. The van der Waals surface area contributed by atoms with E-state index in [1.165, 1.54) is 17.7 Å². The van der Waals surface area contributed by atoms with Gasteiger partial charge in [-0.1, -0.05) is 17.7 Å². The van der Waals surface area contributed by atoms with Gasteiger partial charge in [-0.2, -0.15) is 0 Å². The molecule has 35 heavy (non-hydrogen) atoms. The third-order valence-corrected chi connectivity index (χ3v) is 6.94. The molecule has 0 amide bonds. The monoisotopic (exact) mass is 509 g/mol. The van der Waals surface area contributed by atoms with Crippen molar-refractivity contribution < 1.29 is 14.6 Å². The smallest absolute Gasteiger partial charge is 0.188 e. The van der Waals surface area contributed by atoms with Gasteiger partial charge in [-0.3, -0.25) is 4.99 Å². The van der Waals surface area contributed by atoms with Crippen LogP contribution >= 0.6 is 22.9 Å². The minimum atomic E-state index is -0.683. The van der Waals surface area contributed by atoms with E-state index in [1.807, 2.05) is 42.6 Å². The predicted molar refractivity (Wildman–Crippen MR) is 138 cm³/mol. The number of halogens is 1. The molecule has 180 valence electrons. The van der Waals surface area contributed by atoms with Gasteiger partial charge < -0.3 is 19.9 Å². The number of ether oxygens (including phenoxy) is 2. The summed E-state index contributed by atoms with van der Waals surface area (Å²) in [5.41, 5.74) is 1.91. The van der Waals surface area contributed by atoms with Crippen molar-refractivity contribution in [3.8, 4) is 5.75 Å². The van der Waals surface area contributed by atoms with Crippen molar-refractivity contribution >= 4 is 51.2 Å². The Balaban J connectivity index is 1.33. The first kappa shape index (κ1) is 23.5. The summed E-state index contributed by atoms with van der Waals surface area (Å²) in [4.78, 5) is 17.5. The molecule has 0 saturated heterocycles. The number of rotatable bonds is 8. The SMILES string of the molecule is C[C@@H](O)[C@]1(C)CN=C(Cc2ccc3ncnc(Nc4ccc(OCc5nccs5)c(Cl)c4)c3c2)O1. The van der Waals surface area contributed by atoms with Gasteiger partial charge in [0.2, 0.25) is 0 Å². The lowest BCUT2D eigenvalue weighted by Gasteiger charge is -2.26. The molecule has 0 bridgehead atoms. The largest absolute Gasteiger partial charge is 0.485 e. The quantitative estimate of drug-likeness (QED) is 0.337. The van der Waals surface area contributed by atoms with E-state index >= 15 is 0 Å². The van der Waals surface area contributed by atoms with E-state index in [9.17, 15) is 5.11 Å². The van der Waals surface area contributed by atoms with E-state index in [0.29, 0.717) is 42.1 Å². The molecule has 4 aromatic rings. The zero-order valence-corrected chi connectivity index (χ0v) is 20.8. The number of hydrogen-bond donors (Lipinski definition) is 2. The van der Waals surface area contributed by atoms with Crippen molar-refractivity contribution in [3.63, 3.8) is 0 Å². The molecule has 2 aromatic heterocycles. The molecule has 0 fully saturated rings. The number of nitrogens with one attached hydrogen (secondary N) is 1. The molecule has 0 aliphatic carbocycles. The molecule has 1 aliphatic heterocycles. The molecule has 0 radical (unpaired) electrons. The van der Waals surface area contributed by atoms with Gasteiger partial charge in [0.05, 0.1) is 23.2 Å². The maximum Gasteiger partial charge on any atom is 0.188 e. The second kappa shape index (κ2) is 9.77. The van der Waals surface area contributed by atoms with E-state index in [-0.39, 0.29) is 0 Å². The first-order valence-electron chi connectivity index (χ1n) is 11.1. The van der Waals surface area contributed by atoms with Gasteiger partial charge in [0.1, 0.15) is 29.5 Å². The van der Waals surface area contributed by atoms with Gasteiger partial charge in [-0.25, -0.2) is 15.0 Å². The van der Waals surface area contributed by atoms with Gasteiger partial charge in [-0.05, 0) is 49.7 Å². The lowest BCUT2D eigenvalue weighted by atomic mass is 10.0. The summed E-state index contributed by atoms with van der Waals surface area (Å²) in [6.45, 7) is 4.39. The number of anilines is 2. The third-order valence-electron chi connectivity index (χ3n) is 5.89. The van der Waals surface area contributed by atoms with Crippen molar-refractivity contribution in [1.82, 2.24) is 15.0 Å². The Kier molecular flexibility index (Phi) is 6.55. The average molecular weight is 510 g/mol. The minimum absolute atomic E-state index is 0.370. The van der Waals surface area contributed by atoms with Crippen LogP contribution < -0.4 is 10.1 Å². The van der Waals surface area contributed by atoms with Gasteiger partial charge in [0.25, 0.3) is 0 Å². The maximum absolute atomic E-state index is 9.98. The molecule has 0 spiro atoms. The zero-order valence-electron chi connectivity index (χ0n) is 19.2. The van der Waals surface area contributed by atoms with Gasteiger partial charge in [-0.15, -0.1) is 11.3 Å². The standard InChI is InChI=1S/C25H24ClN5O3S/c1-15(32)25(2)13-28-22(34-25)10-16-3-5-20-18(9-16)24(30-14-29-20)31-17-4-6-21(19(26)11-17)33-12-23-27-7-8-35-23/h3-9,11,14-15,32H,10,12-13H2,1-2H3,(H,29,30,31)/t15-,25+/m1/s1. The summed E-state index contributed by atoms with van der Waals surface area (Å²) in [5.74, 6) is 1.86. The molecule has 10 heteroatoms. The molecule has 8 nitrogen and oxygen atoms in total. The van der Waals surface area contributed by atoms with E-state index in [1.54, 1.807) is 19.2 Å². The number of nitrogens with zero attached hydrogens (tertiary/aromatic N) is 4. The maximum atomic E-state index is 9.98. The number of aliphatic hydroxyl groups is 1. The van der Waals surface area contributed by atoms with Gasteiger partial charge in [0, 0.05) is 29.1 Å². The summed E-state index contributed by atoms with van der Waals surface area (Å²) < 4.78 is 11.7. The van der Waals surface area contributed by atoms with E-state index in [0.717, 1.165) is 27.2 Å². The van der Waals surface area contributed by atoms with Crippen LogP contribution in [-0.4, -0.2) is 44.2 Å². The van der Waals surface area contributed by atoms with Crippen molar-refractivity contribution in [1.29, 1.82) is 0 Å². The zero-order chi connectivity index (χ0) is 24.4. The number of aromatic nitrogens is 3. The lowest BCUT2D eigenvalue weighted by Crippen LogP contribution is -2.41. The highest BCUT2D eigenvalue weighted by atomic mass is 35.5. The molecule has 1 aliphatic rings. The number of benzene rings is 2. The number of hydrogen-bond acceptors (Lipinski definition) is 9. The Morgan fingerprint density at radius 3 is 2.86 bits per heavy atom. The summed E-state index contributed by atoms with van der Waals surface area (Å²) >= 11 is 7.99. The van der Waals surface area contributed by atoms with Crippen LogP contribution in [0.2, 0.25) is 5.02 Å². The van der Waals surface area contributed by atoms with Gasteiger partial charge >= 0.3 is 0 Å². The fourth-order valence-corrected chi connectivity index (χ4v) is 4.43. The fourth-order valence-electron chi connectivity index (χ4n) is 3.67. The highest BCUT2D eigenvalue weighted by molar-refractivity contribution is 7.09. The predicted octanol–water partition coefficient (Wildman–Crippen LogP) is 5.17. The van der Waals surface area contributed by atoms with Crippen molar-refractivity contribution in [2.45, 2.75) is 38.6 Å². The van der Waals surface area contributed by atoms with E-state index < -0.39 is 11.7 Å². The minimum Gasteiger partial charge on any atom is -0.485 e. The molecular formula is C25H24ClN5O3S. The number of fused-ring (bicyclic) bond motifs is 1. The Labute approximate surface area is 211 Å². The van der Waals surface area contributed by atoms with Crippen LogP contribution in [0.25, 0.3) is 10.9 Å². The van der Waals surface area contributed by atoms with Crippen molar-refractivity contribution in [2.75, 3.05) is 11.9 Å². The first-order chi connectivity index (χ1) is 16.9. The Hall–Kier alpha value is -3.27. The molecule has 3 heterocycles. The van der Waals surface area contributed by atoms with Gasteiger partial charge in [0.15, 0.2) is 11.5 Å². The molecule has 5 rings (SSSR count). The van der Waals surface area contributed by atoms with Crippen LogP contribution in [0.15, 0.2) is 59.3 Å². The molecule has 2 N–H and O–H groups in total. The van der Waals surface area contributed by atoms with Crippen LogP contribution in [0.3, 0.4) is 0 Å². The summed E-state index contributed by atoms with van der Waals surface area (Å²) in [6.07, 6.45) is 3.18. The topological polar surface area (TPSA) is 102 Å². The van der Waals surface area contributed by atoms with E-state index in [2.05, 4.69) is 25.3 Å². The summed E-state index contributed by atoms with van der Waals surface area (Å²) in [5, 5.41) is 17.5. The number of aliphatic imine (C=N–C) groups is 1. The lowest BCUT2D eigenvalue weighted by molar-refractivity contribution is -0.0207. The normalized spacial score (nSPS) is 18.2. The van der Waals surface area contributed by atoms with Crippen molar-refractivity contribution in [2.24, 2.45) is 4.99 Å². The molecule has 2 atom stereocenters. The van der Waals surface area contributed by atoms with Crippen LogP contribution in [0.1, 0.15) is 24.4 Å². The number of thiazole rings is 1. The van der Waals surface area contributed by atoms with Crippen LogP contribution in [-0.2, 0) is 17.8 Å². The highest BCUT2D eigenvalue weighted by Crippen LogP contribution is 2.31. The Bertz CT molecular complexity index is 1380. The Morgan fingerprint density at radius 1 is 1.23 bits per heavy atom. The molecular weight excluding hydrogens is 486 g/mol. The fraction of sp³-hybridized carbons (Fsp3) is 0.280. The second-order valence-corrected chi connectivity index (χ2v) is 9.92. The first-order valence-corrected chi connectivity index (χ1v) is 12.4. The highest BCUT2D eigenvalue weighted by Gasteiger charge is 2.37. The summed E-state index contributed by atoms with van der Waals surface area (Å²) in [7, 11) is 0. The Morgan fingerprint density at radius 2 is 2.11 bits per heavy atom. The van der Waals surface area contributed by atoms with Crippen LogP contribution in [0, 0.1) is 0 Å². The summed E-state index contributed by atoms with van der Waals surface area (Å²) in [6, 6.07) is 11.5. The van der Waals surface area contributed by atoms with Crippen molar-refractivity contribution in [3.05, 3.63) is 69.9 Å². The van der Waals surface area contributed by atoms with Crippen LogP contribution in [0.5, 0.6) is 5.75 Å².